The van der Waals surface area contributed by atoms with E-state index in [1.54, 1.807) is 55.7 Å². The molecule has 1 atom stereocenters. The molecule has 0 radical (unpaired) electrons. The molecule has 2 aromatic carbocycles. The standard InChI is InChI=1S/C23H23Cl2N5O3S/c1-4-11-30-21(14(2)26-22(32)15-5-8-17(33-3)9-6-15)28-29-23(30)34-13-20(31)27-16-7-10-18(24)19(25)12-16/h4-10,12,14H,1,11,13H2,2-3H3,(H,26,32)(H,27,31)/t14-/m1/s1. The minimum Gasteiger partial charge on any atom is -0.497 e. The third kappa shape index (κ3) is 6.53. The molecule has 0 unspecified atom stereocenters. The van der Waals surface area contributed by atoms with Gasteiger partial charge in [-0.05, 0) is 49.4 Å². The number of carbonyl (C=O) groups is 2. The van der Waals surface area contributed by atoms with E-state index in [9.17, 15) is 9.59 Å². The van der Waals surface area contributed by atoms with Crippen LogP contribution < -0.4 is 15.4 Å². The average Bonchev–Trinajstić information content (AvgIpc) is 3.23. The van der Waals surface area contributed by atoms with Crippen molar-refractivity contribution in [3.8, 4) is 5.75 Å². The first-order valence-corrected chi connectivity index (χ1v) is 11.9. The molecule has 0 spiro atoms. The van der Waals surface area contributed by atoms with Crippen LogP contribution in [0.2, 0.25) is 10.0 Å². The summed E-state index contributed by atoms with van der Waals surface area (Å²) < 4.78 is 6.93. The van der Waals surface area contributed by atoms with E-state index < -0.39 is 6.04 Å². The van der Waals surface area contributed by atoms with Gasteiger partial charge in [0, 0.05) is 17.8 Å². The molecule has 34 heavy (non-hydrogen) atoms. The van der Waals surface area contributed by atoms with Crippen molar-refractivity contribution in [3.63, 3.8) is 0 Å². The largest absolute Gasteiger partial charge is 0.497 e. The van der Waals surface area contributed by atoms with Crippen LogP contribution in [0.15, 0.2) is 60.3 Å². The Hall–Kier alpha value is -3.01. The number of amides is 2. The lowest BCUT2D eigenvalue weighted by molar-refractivity contribution is -0.113. The van der Waals surface area contributed by atoms with Crippen molar-refractivity contribution in [1.29, 1.82) is 0 Å². The topological polar surface area (TPSA) is 98.1 Å². The second kappa shape index (κ2) is 11.9. The predicted octanol–water partition coefficient (Wildman–Crippen LogP) is 5.00. The van der Waals surface area contributed by atoms with E-state index in [2.05, 4.69) is 27.4 Å². The number of ether oxygens (including phenoxy) is 1. The molecule has 0 aliphatic carbocycles. The number of anilines is 1. The molecular weight excluding hydrogens is 497 g/mol. The van der Waals surface area contributed by atoms with Crippen molar-refractivity contribution < 1.29 is 14.3 Å². The molecule has 0 fully saturated rings. The molecule has 0 bridgehead atoms. The third-order valence-electron chi connectivity index (χ3n) is 4.68. The van der Waals surface area contributed by atoms with Crippen molar-refractivity contribution in [2.45, 2.75) is 24.7 Å². The van der Waals surface area contributed by atoms with Crippen LogP contribution in [0.5, 0.6) is 5.75 Å². The third-order valence-corrected chi connectivity index (χ3v) is 6.39. The van der Waals surface area contributed by atoms with E-state index in [1.165, 1.54) is 11.8 Å². The number of methoxy groups -OCH3 is 1. The Kier molecular flexibility index (Phi) is 8.98. The van der Waals surface area contributed by atoms with E-state index in [1.807, 2.05) is 11.5 Å². The number of nitrogens with one attached hydrogen (secondary N) is 2. The summed E-state index contributed by atoms with van der Waals surface area (Å²) in [5.74, 6) is 0.828. The highest BCUT2D eigenvalue weighted by molar-refractivity contribution is 7.99. The van der Waals surface area contributed by atoms with Gasteiger partial charge < -0.3 is 19.9 Å². The first-order valence-electron chi connectivity index (χ1n) is 10.2. The van der Waals surface area contributed by atoms with Crippen molar-refractivity contribution in [1.82, 2.24) is 20.1 Å². The number of nitrogens with zero attached hydrogens (tertiary/aromatic N) is 3. The van der Waals surface area contributed by atoms with Crippen molar-refractivity contribution in [3.05, 3.63) is 76.6 Å². The summed E-state index contributed by atoms with van der Waals surface area (Å²) in [5, 5.41) is 15.4. The first-order chi connectivity index (χ1) is 16.3. The lowest BCUT2D eigenvalue weighted by Crippen LogP contribution is -2.28. The molecule has 0 aliphatic rings. The number of allylic oxidation sites excluding steroid dienone is 1. The molecule has 11 heteroatoms. The SMILES string of the molecule is C=CCn1c(SCC(=O)Nc2ccc(Cl)c(Cl)c2)nnc1[C@@H](C)NC(=O)c1ccc(OC)cc1. The Morgan fingerprint density at radius 2 is 1.91 bits per heavy atom. The number of halogens is 2. The van der Waals surface area contributed by atoms with Crippen LogP contribution in [0, 0.1) is 0 Å². The molecule has 0 saturated carbocycles. The molecule has 3 aromatic rings. The van der Waals surface area contributed by atoms with Gasteiger partial charge in [-0.1, -0.05) is 41.0 Å². The number of carbonyl (C=O) groups excluding carboxylic acids is 2. The van der Waals surface area contributed by atoms with Crippen LogP contribution in [0.25, 0.3) is 0 Å². The van der Waals surface area contributed by atoms with E-state index in [0.29, 0.717) is 44.6 Å². The smallest absolute Gasteiger partial charge is 0.251 e. The summed E-state index contributed by atoms with van der Waals surface area (Å²) in [5.41, 5.74) is 1.04. The van der Waals surface area contributed by atoms with Gasteiger partial charge in [-0.25, -0.2) is 0 Å². The predicted molar refractivity (Wildman–Crippen MR) is 135 cm³/mol. The fourth-order valence-corrected chi connectivity index (χ4v) is 4.07. The minimum absolute atomic E-state index is 0.0993. The van der Waals surface area contributed by atoms with Gasteiger partial charge in [-0.15, -0.1) is 16.8 Å². The first kappa shape index (κ1) is 25.6. The Morgan fingerprint density at radius 3 is 2.56 bits per heavy atom. The summed E-state index contributed by atoms with van der Waals surface area (Å²) in [7, 11) is 1.57. The number of thioether (sulfide) groups is 1. The average molecular weight is 520 g/mol. The van der Waals surface area contributed by atoms with Gasteiger partial charge in [0.05, 0.1) is 28.9 Å². The molecule has 2 amide bonds. The van der Waals surface area contributed by atoms with Crippen LogP contribution in [-0.2, 0) is 11.3 Å². The van der Waals surface area contributed by atoms with Crippen LogP contribution in [-0.4, -0.2) is 39.4 Å². The van der Waals surface area contributed by atoms with Crippen molar-refractivity contribution >= 4 is 52.5 Å². The van der Waals surface area contributed by atoms with Gasteiger partial charge in [-0.2, -0.15) is 0 Å². The number of benzene rings is 2. The fourth-order valence-electron chi connectivity index (χ4n) is 3.02. The highest BCUT2D eigenvalue weighted by Crippen LogP contribution is 2.26. The van der Waals surface area contributed by atoms with Crippen LogP contribution in [0.1, 0.15) is 29.1 Å². The molecule has 8 nitrogen and oxygen atoms in total. The van der Waals surface area contributed by atoms with Gasteiger partial charge >= 0.3 is 0 Å². The highest BCUT2D eigenvalue weighted by atomic mass is 35.5. The Labute approximate surface area is 211 Å². The Morgan fingerprint density at radius 1 is 1.18 bits per heavy atom. The summed E-state index contributed by atoms with van der Waals surface area (Å²) in [6.07, 6.45) is 1.70. The Balaban J connectivity index is 1.65. The number of hydrogen-bond donors (Lipinski definition) is 2. The fraction of sp³-hybridized carbons (Fsp3) is 0.217. The van der Waals surface area contributed by atoms with Crippen molar-refractivity contribution in [2.24, 2.45) is 0 Å². The summed E-state index contributed by atoms with van der Waals surface area (Å²) in [6, 6.07) is 11.2. The molecular formula is C23H23Cl2N5O3S. The quantitative estimate of drug-likeness (QED) is 0.288. The van der Waals surface area contributed by atoms with Crippen LogP contribution in [0.4, 0.5) is 5.69 Å². The van der Waals surface area contributed by atoms with Crippen LogP contribution in [0.3, 0.4) is 0 Å². The number of hydrogen-bond acceptors (Lipinski definition) is 6. The normalized spacial score (nSPS) is 11.5. The molecule has 0 aliphatic heterocycles. The molecule has 2 N–H and O–H groups in total. The number of aromatic nitrogens is 3. The van der Waals surface area contributed by atoms with E-state index in [0.717, 1.165) is 0 Å². The van der Waals surface area contributed by atoms with E-state index in [4.69, 9.17) is 27.9 Å². The zero-order valence-electron chi connectivity index (χ0n) is 18.5. The maximum atomic E-state index is 12.6. The van der Waals surface area contributed by atoms with Crippen LogP contribution >= 0.6 is 35.0 Å². The zero-order valence-corrected chi connectivity index (χ0v) is 20.9. The van der Waals surface area contributed by atoms with Crippen molar-refractivity contribution in [2.75, 3.05) is 18.2 Å². The van der Waals surface area contributed by atoms with E-state index >= 15 is 0 Å². The minimum atomic E-state index is -0.429. The monoisotopic (exact) mass is 519 g/mol. The lowest BCUT2D eigenvalue weighted by Gasteiger charge is -2.15. The Bertz CT molecular complexity index is 1180. The van der Waals surface area contributed by atoms with Gasteiger partial charge in [0.1, 0.15) is 5.75 Å². The molecule has 1 aromatic heterocycles. The highest BCUT2D eigenvalue weighted by Gasteiger charge is 2.20. The van der Waals surface area contributed by atoms with E-state index in [-0.39, 0.29) is 17.6 Å². The number of rotatable bonds is 10. The van der Waals surface area contributed by atoms with Gasteiger partial charge in [0.15, 0.2) is 11.0 Å². The molecule has 1 heterocycles. The maximum Gasteiger partial charge on any atom is 0.251 e. The summed E-state index contributed by atoms with van der Waals surface area (Å²) >= 11 is 13.1. The van der Waals surface area contributed by atoms with Gasteiger partial charge in [0.2, 0.25) is 5.91 Å². The molecule has 0 saturated heterocycles. The summed E-state index contributed by atoms with van der Waals surface area (Å²) in [4.78, 5) is 25.0. The van der Waals surface area contributed by atoms with Gasteiger partial charge in [0.25, 0.3) is 5.91 Å². The lowest BCUT2D eigenvalue weighted by atomic mass is 10.2. The second-order valence-electron chi connectivity index (χ2n) is 7.13. The zero-order chi connectivity index (χ0) is 24.7. The second-order valence-corrected chi connectivity index (χ2v) is 8.89. The maximum absolute atomic E-state index is 12.6. The summed E-state index contributed by atoms with van der Waals surface area (Å²) in [6.45, 7) is 6.02. The molecule has 3 rings (SSSR count). The molecule has 178 valence electrons. The van der Waals surface area contributed by atoms with Gasteiger partial charge in [-0.3, -0.25) is 9.59 Å².